The Labute approximate surface area is 149 Å². The van der Waals surface area contributed by atoms with Crippen LogP contribution in [0.15, 0.2) is 28.8 Å². The number of ether oxygens (including phenoxy) is 1. The van der Waals surface area contributed by atoms with Gasteiger partial charge in [-0.1, -0.05) is 23.7 Å². The van der Waals surface area contributed by atoms with Crippen molar-refractivity contribution in [2.45, 2.75) is 58.8 Å². The third-order valence-electron chi connectivity index (χ3n) is 5.01. The van der Waals surface area contributed by atoms with E-state index in [0.29, 0.717) is 12.5 Å². The Kier molecular flexibility index (Phi) is 6.10. The lowest BCUT2D eigenvalue weighted by atomic mass is 9.87. The van der Waals surface area contributed by atoms with Crippen molar-refractivity contribution < 1.29 is 14.4 Å². The zero-order chi connectivity index (χ0) is 17.6. The lowest BCUT2D eigenvalue weighted by molar-refractivity contribution is 0.101. The van der Waals surface area contributed by atoms with E-state index in [9.17, 15) is 5.11 Å². The van der Waals surface area contributed by atoms with Crippen LogP contribution >= 0.6 is 0 Å². The summed E-state index contributed by atoms with van der Waals surface area (Å²) in [5.74, 6) is 2.26. The van der Waals surface area contributed by atoms with Crippen molar-refractivity contribution in [2.75, 3.05) is 6.54 Å². The first-order valence-corrected chi connectivity index (χ1v) is 9.14. The van der Waals surface area contributed by atoms with Gasteiger partial charge in [0.2, 0.25) is 0 Å². The fourth-order valence-corrected chi connectivity index (χ4v) is 3.44. The van der Waals surface area contributed by atoms with Crippen molar-refractivity contribution in [2.24, 2.45) is 5.92 Å². The van der Waals surface area contributed by atoms with Crippen molar-refractivity contribution >= 4 is 0 Å². The summed E-state index contributed by atoms with van der Waals surface area (Å²) in [6, 6.07) is 8.18. The summed E-state index contributed by atoms with van der Waals surface area (Å²) >= 11 is 0. The first kappa shape index (κ1) is 18.0. The summed E-state index contributed by atoms with van der Waals surface area (Å²) in [4.78, 5) is 0. The molecule has 1 fully saturated rings. The minimum Gasteiger partial charge on any atom is -0.489 e. The predicted octanol–water partition coefficient (Wildman–Crippen LogP) is 3.51. The molecule has 0 radical (unpaired) electrons. The van der Waals surface area contributed by atoms with Crippen molar-refractivity contribution in [1.29, 1.82) is 0 Å². The molecule has 5 nitrogen and oxygen atoms in total. The predicted molar refractivity (Wildman–Crippen MR) is 96.4 cm³/mol. The van der Waals surface area contributed by atoms with Crippen LogP contribution in [0.5, 0.6) is 5.75 Å². The molecule has 3 rings (SSSR count). The van der Waals surface area contributed by atoms with Gasteiger partial charge in [0.1, 0.15) is 18.1 Å². The second kappa shape index (κ2) is 8.50. The molecule has 2 atom stereocenters. The van der Waals surface area contributed by atoms with Crippen molar-refractivity contribution in [3.05, 3.63) is 46.8 Å². The number of hydrogen-bond acceptors (Lipinski definition) is 5. The Morgan fingerprint density at radius 1 is 1.24 bits per heavy atom. The van der Waals surface area contributed by atoms with Gasteiger partial charge in [-0.3, -0.25) is 0 Å². The van der Waals surface area contributed by atoms with Crippen LogP contribution in [-0.2, 0) is 13.2 Å². The van der Waals surface area contributed by atoms with Gasteiger partial charge >= 0.3 is 0 Å². The molecule has 1 aromatic carbocycles. The lowest BCUT2D eigenvalue weighted by Gasteiger charge is -2.26. The normalized spacial score (nSPS) is 20.6. The third-order valence-corrected chi connectivity index (χ3v) is 5.01. The van der Waals surface area contributed by atoms with Gasteiger partial charge in [0, 0.05) is 6.54 Å². The minimum absolute atomic E-state index is 0.102. The van der Waals surface area contributed by atoms with Gasteiger partial charge in [0.15, 0.2) is 0 Å². The number of hydrogen-bond donors (Lipinski definition) is 2. The smallest absolute Gasteiger partial charge is 0.140 e. The summed E-state index contributed by atoms with van der Waals surface area (Å²) in [5, 5.41) is 17.2. The van der Waals surface area contributed by atoms with Gasteiger partial charge in [-0.2, -0.15) is 0 Å². The van der Waals surface area contributed by atoms with E-state index in [1.54, 1.807) is 0 Å². The maximum atomic E-state index is 9.73. The molecule has 0 spiro atoms. The number of aliphatic hydroxyl groups excluding tert-OH is 1. The van der Waals surface area contributed by atoms with Gasteiger partial charge in [-0.25, -0.2) is 0 Å². The molecule has 1 aliphatic rings. The molecule has 2 aromatic rings. The molecule has 2 unspecified atom stereocenters. The summed E-state index contributed by atoms with van der Waals surface area (Å²) in [6.07, 6.45) is 4.16. The molecule has 1 aromatic heterocycles. The average Bonchev–Trinajstić information content (AvgIpc) is 2.92. The zero-order valence-electron chi connectivity index (χ0n) is 15.1. The first-order valence-electron chi connectivity index (χ1n) is 9.14. The third kappa shape index (κ3) is 5.06. The monoisotopic (exact) mass is 344 g/mol. The van der Waals surface area contributed by atoms with Crippen LogP contribution in [0.3, 0.4) is 0 Å². The average molecular weight is 344 g/mol. The highest BCUT2D eigenvalue weighted by atomic mass is 16.5. The van der Waals surface area contributed by atoms with Gasteiger partial charge in [0.25, 0.3) is 0 Å². The van der Waals surface area contributed by atoms with Crippen LogP contribution in [0.1, 0.15) is 48.3 Å². The Morgan fingerprint density at radius 2 is 2.04 bits per heavy atom. The van der Waals surface area contributed by atoms with E-state index in [-0.39, 0.29) is 6.10 Å². The molecule has 2 N–H and O–H groups in total. The maximum Gasteiger partial charge on any atom is 0.140 e. The molecule has 25 heavy (non-hydrogen) atoms. The molecule has 1 saturated carbocycles. The zero-order valence-corrected chi connectivity index (χ0v) is 15.1. The van der Waals surface area contributed by atoms with Crippen molar-refractivity contribution in [3.63, 3.8) is 0 Å². The van der Waals surface area contributed by atoms with Crippen LogP contribution in [0.2, 0.25) is 0 Å². The summed E-state index contributed by atoms with van der Waals surface area (Å²) in [7, 11) is 0. The molecule has 0 saturated heterocycles. The largest absolute Gasteiger partial charge is 0.489 e. The molecule has 1 aliphatic carbocycles. The van der Waals surface area contributed by atoms with Crippen LogP contribution in [0.4, 0.5) is 0 Å². The van der Waals surface area contributed by atoms with E-state index in [1.165, 1.54) is 12.0 Å². The van der Waals surface area contributed by atoms with E-state index in [0.717, 1.165) is 55.1 Å². The number of benzene rings is 1. The first-order chi connectivity index (χ1) is 12.1. The van der Waals surface area contributed by atoms with E-state index >= 15 is 0 Å². The van der Waals surface area contributed by atoms with Crippen molar-refractivity contribution in [1.82, 2.24) is 10.5 Å². The number of aryl methyl sites for hydroxylation is 2. The Morgan fingerprint density at radius 3 is 2.72 bits per heavy atom. The molecular formula is C20H28N2O3. The number of nitrogens with one attached hydrogen (secondary N) is 1. The van der Waals surface area contributed by atoms with E-state index in [2.05, 4.69) is 22.6 Å². The van der Waals surface area contributed by atoms with Crippen molar-refractivity contribution in [3.8, 4) is 5.75 Å². The van der Waals surface area contributed by atoms with Crippen LogP contribution in [0.25, 0.3) is 0 Å². The Balaban J connectivity index is 1.42. The van der Waals surface area contributed by atoms with E-state index < -0.39 is 0 Å². The number of aliphatic hydroxyl groups is 1. The topological polar surface area (TPSA) is 67.5 Å². The quantitative estimate of drug-likeness (QED) is 0.804. The minimum atomic E-state index is -0.102. The van der Waals surface area contributed by atoms with Gasteiger partial charge in [-0.05, 0) is 63.3 Å². The second-order valence-electron chi connectivity index (χ2n) is 7.05. The number of rotatable bonds is 7. The molecule has 0 amide bonds. The summed E-state index contributed by atoms with van der Waals surface area (Å²) in [5.41, 5.74) is 3.13. The SMILES string of the molecule is Cc1noc(C)c1COc1ccc(CNCC2CCCC(O)C2)cc1. The lowest BCUT2D eigenvalue weighted by Crippen LogP contribution is -2.28. The maximum absolute atomic E-state index is 9.73. The molecule has 0 aliphatic heterocycles. The van der Waals surface area contributed by atoms with Crippen LogP contribution in [0, 0.1) is 19.8 Å². The highest BCUT2D eigenvalue weighted by Crippen LogP contribution is 2.23. The van der Waals surface area contributed by atoms with Crippen LogP contribution in [-0.4, -0.2) is 22.9 Å². The highest BCUT2D eigenvalue weighted by molar-refractivity contribution is 5.28. The van der Waals surface area contributed by atoms with Gasteiger partial charge in [-0.15, -0.1) is 0 Å². The molecule has 0 bridgehead atoms. The highest BCUT2D eigenvalue weighted by Gasteiger charge is 2.19. The Bertz CT molecular complexity index is 647. The number of aromatic nitrogens is 1. The van der Waals surface area contributed by atoms with E-state index in [4.69, 9.17) is 9.26 Å². The van der Waals surface area contributed by atoms with E-state index in [1.807, 2.05) is 26.0 Å². The summed E-state index contributed by atoms with van der Waals surface area (Å²) in [6.45, 7) is 6.12. The molecular weight excluding hydrogens is 316 g/mol. The number of nitrogens with zero attached hydrogens (tertiary/aromatic N) is 1. The molecule has 1 heterocycles. The van der Waals surface area contributed by atoms with Gasteiger partial charge < -0.3 is 19.7 Å². The molecule has 5 heteroatoms. The fraction of sp³-hybridized carbons (Fsp3) is 0.550. The standard InChI is InChI=1S/C20H28N2O3/c1-14-20(15(2)25-22-14)13-24-19-8-6-16(7-9-19)11-21-12-17-4-3-5-18(23)10-17/h6-9,17-18,21,23H,3-5,10-13H2,1-2H3. The van der Waals surface area contributed by atoms with Gasteiger partial charge in [0.05, 0.1) is 17.4 Å². The second-order valence-corrected chi connectivity index (χ2v) is 7.05. The molecule has 136 valence electrons. The fourth-order valence-electron chi connectivity index (χ4n) is 3.44. The van der Waals surface area contributed by atoms with Crippen LogP contribution < -0.4 is 10.1 Å². The Hall–Kier alpha value is -1.85. The summed E-state index contributed by atoms with van der Waals surface area (Å²) < 4.78 is 11.0.